The van der Waals surface area contributed by atoms with E-state index in [0.29, 0.717) is 31.5 Å². The number of hydrogen-bond donors (Lipinski definition) is 0. The van der Waals surface area contributed by atoms with E-state index in [1.807, 2.05) is 35.2 Å². The van der Waals surface area contributed by atoms with Crippen LogP contribution in [0.2, 0.25) is 0 Å². The van der Waals surface area contributed by atoms with Crippen LogP contribution in [0.15, 0.2) is 34.9 Å². The number of hydrogen-bond acceptors (Lipinski definition) is 6. The maximum atomic E-state index is 12.6. The number of carbonyl (C=O) groups is 1. The molecule has 1 unspecified atom stereocenters. The molecule has 0 radical (unpaired) electrons. The van der Waals surface area contributed by atoms with Gasteiger partial charge in [-0.1, -0.05) is 35.5 Å². The van der Waals surface area contributed by atoms with Gasteiger partial charge in [-0.05, 0) is 12.8 Å². The smallest absolute Gasteiger partial charge is 0.241 e. The molecule has 138 valence electrons. The summed E-state index contributed by atoms with van der Waals surface area (Å²) in [6.07, 6.45) is 1.81. The first kappa shape index (κ1) is 17.2. The molecule has 0 aliphatic carbocycles. The first-order valence-electron chi connectivity index (χ1n) is 9.26. The van der Waals surface area contributed by atoms with E-state index in [1.165, 1.54) is 0 Å². The molecule has 3 heterocycles. The maximum absolute atomic E-state index is 12.6. The number of benzene rings is 1. The van der Waals surface area contributed by atoms with Crippen LogP contribution in [0.25, 0.3) is 11.4 Å². The normalized spacial score (nSPS) is 21.7. The van der Waals surface area contributed by atoms with Crippen molar-refractivity contribution in [1.82, 2.24) is 19.9 Å². The van der Waals surface area contributed by atoms with Crippen LogP contribution in [0.3, 0.4) is 0 Å². The quantitative estimate of drug-likeness (QED) is 0.832. The minimum Gasteiger partial charge on any atom is -0.381 e. The second-order valence-electron chi connectivity index (χ2n) is 6.89. The van der Waals surface area contributed by atoms with Gasteiger partial charge < -0.3 is 14.2 Å². The molecule has 0 spiro atoms. The highest BCUT2D eigenvalue weighted by molar-refractivity contribution is 5.79. The number of rotatable bonds is 4. The van der Waals surface area contributed by atoms with Gasteiger partial charge in [-0.25, -0.2) is 0 Å². The van der Waals surface area contributed by atoms with E-state index in [4.69, 9.17) is 9.26 Å². The zero-order valence-corrected chi connectivity index (χ0v) is 14.8. The predicted octanol–water partition coefficient (Wildman–Crippen LogP) is 1.81. The molecule has 7 heteroatoms. The number of aromatic nitrogens is 2. The third kappa shape index (κ3) is 3.94. The highest BCUT2D eigenvalue weighted by atomic mass is 16.5. The molecule has 2 aliphatic heterocycles. The van der Waals surface area contributed by atoms with Crippen LogP contribution < -0.4 is 0 Å². The molecule has 0 bridgehead atoms. The van der Waals surface area contributed by atoms with Crippen molar-refractivity contribution in [1.29, 1.82) is 0 Å². The molecule has 1 amide bonds. The first-order valence-corrected chi connectivity index (χ1v) is 9.26. The number of nitrogens with zero attached hydrogens (tertiary/aromatic N) is 4. The average molecular weight is 356 g/mol. The molecule has 2 fully saturated rings. The van der Waals surface area contributed by atoms with E-state index in [9.17, 15) is 4.79 Å². The molecule has 4 rings (SSSR count). The van der Waals surface area contributed by atoms with Gasteiger partial charge in [-0.2, -0.15) is 4.98 Å². The van der Waals surface area contributed by atoms with Crippen molar-refractivity contribution in [3.8, 4) is 11.4 Å². The van der Waals surface area contributed by atoms with Crippen molar-refractivity contribution in [3.05, 3.63) is 36.2 Å². The fraction of sp³-hybridized carbons (Fsp3) is 0.526. The molecule has 2 saturated heterocycles. The minimum atomic E-state index is 0.0471. The van der Waals surface area contributed by atoms with Crippen LogP contribution in [0.1, 0.15) is 18.7 Å². The summed E-state index contributed by atoms with van der Waals surface area (Å²) < 4.78 is 10.8. The van der Waals surface area contributed by atoms with Gasteiger partial charge in [0, 0.05) is 38.3 Å². The zero-order chi connectivity index (χ0) is 17.8. The van der Waals surface area contributed by atoms with E-state index in [1.54, 1.807) is 0 Å². The Balaban J connectivity index is 1.33. The zero-order valence-electron chi connectivity index (χ0n) is 14.8. The van der Waals surface area contributed by atoms with Crippen LogP contribution in [0.4, 0.5) is 0 Å². The lowest BCUT2D eigenvalue weighted by atomic mass is 10.1. The molecule has 1 aromatic heterocycles. The second kappa shape index (κ2) is 7.97. The molecule has 1 atom stereocenters. The summed E-state index contributed by atoms with van der Waals surface area (Å²) in [7, 11) is 0. The number of carbonyl (C=O) groups excluding carboxylic acids is 1. The Hall–Kier alpha value is -2.25. The van der Waals surface area contributed by atoms with Crippen molar-refractivity contribution in [2.45, 2.75) is 19.4 Å². The highest BCUT2D eigenvalue weighted by Crippen LogP contribution is 2.18. The van der Waals surface area contributed by atoms with Gasteiger partial charge in [-0.3, -0.25) is 9.69 Å². The van der Waals surface area contributed by atoms with E-state index < -0.39 is 0 Å². The average Bonchev–Trinajstić information content (AvgIpc) is 3.31. The molecule has 2 aromatic rings. The summed E-state index contributed by atoms with van der Waals surface area (Å²) in [6, 6.07) is 9.82. The lowest BCUT2D eigenvalue weighted by molar-refractivity contribution is -0.135. The second-order valence-corrected chi connectivity index (χ2v) is 6.89. The maximum Gasteiger partial charge on any atom is 0.241 e. The molecular formula is C19H24N4O3. The molecular weight excluding hydrogens is 332 g/mol. The van der Waals surface area contributed by atoms with Crippen LogP contribution in [-0.2, 0) is 16.1 Å². The molecule has 2 aliphatic rings. The Morgan fingerprint density at radius 2 is 2.04 bits per heavy atom. The van der Waals surface area contributed by atoms with Crippen molar-refractivity contribution in [2.24, 2.45) is 5.92 Å². The van der Waals surface area contributed by atoms with E-state index in [0.717, 1.165) is 44.6 Å². The number of ether oxygens (including phenoxy) is 1. The lowest BCUT2D eigenvalue weighted by Crippen LogP contribution is -2.39. The summed E-state index contributed by atoms with van der Waals surface area (Å²) in [5.41, 5.74) is 0.953. The summed E-state index contributed by atoms with van der Waals surface area (Å²) in [5.74, 6) is 1.53. The minimum absolute atomic E-state index is 0.0471. The largest absolute Gasteiger partial charge is 0.381 e. The van der Waals surface area contributed by atoms with Gasteiger partial charge in [0.15, 0.2) is 0 Å². The third-order valence-electron chi connectivity index (χ3n) is 5.04. The van der Waals surface area contributed by atoms with Gasteiger partial charge in [0.1, 0.15) is 0 Å². The Morgan fingerprint density at radius 3 is 2.85 bits per heavy atom. The van der Waals surface area contributed by atoms with Crippen molar-refractivity contribution < 1.29 is 14.1 Å². The molecule has 26 heavy (non-hydrogen) atoms. The van der Waals surface area contributed by atoms with Crippen LogP contribution in [0.5, 0.6) is 0 Å². The predicted molar refractivity (Wildman–Crippen MR) is 95.1 cm³/mol. The Kier molecular flexibility index (Phi) is 5.26. The third-order valence-corrected chi connectivity index (χ3v) is 5.04. The van der Waals surface area contributed by atoms with Gasteiger partial charge in [-0.15, -0.1) is 0 Å². The summed E-state index contributed by atoms with van der Waals surface area (Å²) >= 11 is 0. The lowest BCUT2D eigenvalue weighted by Gasteiger charge is -2.23. The van der Waals surface area contributed by atoms with E-state index in [-0.39, 0.29) is 11.8 Å². The van der Waals surface area contributed by atoms with Crippen molar-refractivity contribution in [3.63, 3.8) is 0 Å². The summed E-state index contributed by atoms with van der Waals surface area (Å²) in [5, 5.41) is 4.08. The summed E-state index contributed by atoms with van der Waals surface area (Å²) in [6.45, 7) is 5.20. The Labute approximate surface area is 152 Å². The van der Waals surface area contributed by atoms with Crippen molar-refractivity contribution >= 4 is 5.91 Å². The molecule has 1 aromatic carbocycles. The highest BCUT2D eigenvalue weighted by Gasteiger charge is 2.29. The van der Waals surface area contributed by atoms with Crippen LogP contribution in [0, 0.1) is 5.92 Å². The monoisotopic (exact) mass is 356 g/mol. The Bertz CT molecular complexity index is 727. The molecule has 0 saturated carbocycles. The SMILES string of the molecule is O=C(C1CCOC1)N1CCCN(Cc2nc(-c3ccccc3)no2)CC1. The van der Waals surface area contributed by atoms with Gasteiger partial charge in [0.05, 0.1) is 19.1 Å². The topological polar surface area (TPSA) is 71.7 Å². The van der Waals surface area contributed by atoms with Gasteiger partial charge in [0.25, 0.3) is 0 Å². The van der Waals surface area contributed by atoms with Gasteiger partial charge in [0.2, 0.25) is 17.6 Å². The van der Waals surface area contributed by atoms with Crippen LogP contribution in [-0.4, -0.2) is 65.2 Å². The molecule has 0 N–H and O–H groups in total. The van der Waals surface area contributed by atoms with Crippen molar-refractivity contribution in [2.75, 3.05) is 39.4 Å². The Morgan fingerprint density at radius 1 is 1.15 bits per heavy atom. The number of amides is 1. The molecule has 7 nitrogen and oxygen atoms in total. The van der Waals surface area contributed by atoms with E-state index in [2.05, 4.69) is 15.0 Å². The fourth-order valence-electron chi connectivity index (χ4n) is 3.55. The van der Waals surface area contributed by atoms with Crippen LogP contribution >= 0.6 is 0 Å². The fourth-order valence-corrected chi connectivity index (χ4v) is 3.55. The van der Waals surface area contributed by atoms with Gasteiger partial charge >= 0.3 is 0 Å². The van der Waals surface area contributed by atoms with E-state index >= 15 is 0 Å². The summed E-state index contributed by atoms with van der Waals surface area (Å²) in [4.78, 5) is 21.3. The standard InChI is InChI=1S/C19H24N4O3/c24-19(16-7-12-25-14-16)23-9-4-8-22(10-11-23)13-17-20-18(21-26-17)15-5-2-1-3-6-15/h1-3,5-6,16H,4,7-14H2. The first-order chi connectivity index (χ1) is 12.8.